The van der Waals surface area contributed by atoms with Crippen molar-refractivity contribution in [2.45, 2.75) is 17.6 Å². The van der Waals surface area contributed by atoms with Crippen LogP contribution in [-0.4, -0.2) is 39.5 Å². The molecule has 0 aliphatic rings. The van der Waals surface area contributed by atoms with Crippen molar-refractivity contribution in [1.29, 1.82) is 0 Å². The van der Waals surface area contributed by atoms with E-state index in [4.69, 9.17) is 8.92 Å². The van der Waals surface area contributed by atoms with Gasteiger partial charge < -0.3 is 13.8 Å². The van der Waals surface area contributed by atoms with E-state index in [-0.39, 0.29) is 35.9 Å². The first-order valence-electron chi connectivity index (χ1n) is 10.2. The summed E-state index contributed by atoms with van der Waals surface area (Å²) < 4.78 is 86.9. The summed E-state index contributed by atoms with van der Waals surface area (Å²) in [6.45, 7) is 0.300. The zero-order valence-corrected chi connectivity index (χ0v) is 19.3. The minimum atomic E-state index is -4.59. The fraction of sp³-hybridized carbons (Fsp3) is 0.208. The predicted octanol–water partition coefficient (Wildman–Crippen LogP) is 4.90. The minimum absolute atomic E-state index is 0.00859. The molecule has 0 aromatic heterocycles. The molecule has 11 heteroatoms. The Morgan fingerprint density at radius 2 is 1.63 bits per heavy atom. The van der Waals surface area contributed by atoms with Gasteiger partial charge >= 0.3 is 16.3 Å². The van der Waals surface area contributed by atoms with Crippen molar-refractivity contribution in [2.75, 3.05) is 20.3 Å². The lowest BCUT2D eigenvalue weighted by atomic mass is 10.1. The third-order valence-corrected chi connectivity index (χ3v) is 6.16. The minimum Gasteiger partial charge on any atom is -0.383 e. The maximum atomic E-state index is 13.0. The Morgan fingerprint density at radius 1 is 0.971 bits per heavy atom. The second kappa shape index (κ2) is 10.9. The summed E-state index contributed by atoms with van der Waals surface area (Å²) in [6.07, 6.45) is -4.59. The van der Waals surface area contributed by atoms with Gasteiger partial charge in [0.1, 0.15) is 16.5 Å². The number of carbonyl (C=O) groups excluding carboxylic acids is 1. The molecule has 3 aromatic rings. The van der Waals surface area contributed by atoms with Crippen LogP contribution in [0, 0.1) is 5.82 Å². The highest BCUT2D eigenvalue weighted by atomic mass is 32.2. The maximum absolute atomic E-state index is 13.0. The lowest BCUT2D eigenvalue weighted by molar-refractivity contribution is -0.137. The van der Waals surface area contributed by atoms with E-state index in [1.807, 2.05) is 0 Å². The van der Waals surface area contributed by atoms with Gasteiger partial charge in [-0.05, 0) is 60.2 Å². The number of rotatable bonds is 9. The summed E-state index contributed by atoms with van der Waals surface area (Å²) in [5.74, 6) is -1.22. The number of methoxy groups -OCH3 is 1. The molecule has 0 spiro atoms. The molecule has 0 radical (unpaired) electrons. The Labute approximate surface area is 199 Å². The average Bonchev–Trinajstić information content (AvgIpc) is 2.82. The first-order chi connectivity index (χ1) is 16.5. The quantitative estimate of drug-likeness (QED) is 0.302. The lowest BCUT2D eigenvalue weighted by Gasteiger charge is -2.23. The van der Waals surface area contributed by atoms with E-state index in [1.165, 1.54) is 42.3 Å². The van der Waals surface area contributed by atoms with Gasteiger partial charge in [-0.15, -0.1) is 0 Å². The predicted molar refractivity (Wildman–Crippen MR) is 119 cm³/mol. The molecule has 0 N–H and O–H groups in total. The number of amides is 1. The first kappa shape index (κ1) is 26.2. The molecule has 6 nitrogen and oxygen atoms in total. The molecule has 3 rings (SSSR count). The smallest absolute Gasteiger partial charge is 0.383 e. The summed E-state index contributed by atoms with van der Waals surface area (Å²) >= 11 is 0. The highest BCUT2D eigenvalue weighted by molar-refractivity contribution is 7.87. The summed E-state index contributed by atoms with van der Waals surface area (Å²) in [5, 5.41) is 0. The molecule has 0 unspecified atom stereocenters. The summed E-state index contributed by atoms with van der Waals surface area (Å²) in [7, 11) is -2.75. The molecule has 0 aliphatic carbocycles. The number of ether oxygens (including phenoxy) is 1. The van der Waals surface area contributed by atoms with Crippen molar-refractivity contribution in [3.63, 3.8) is 0 Å². The normalized spacial score (nSPS) is 11.8. The topological polar surface area (TPSA) is 72.9 Å². The van der Waals surface area contributed by atoms with Crippen molar-refractivity contribution in [3.8, 4) is 5.75 Å². The summed E-state index contributed by atoms with van der Waals surface area (Å²) in [5.41, 5.74) is -0.479. The molecule has 1 amide bonds. The second-order valence-corrected chi connectivity index (χ2v) is 8.98. The molecule has 0 heterocycles. The molecule has 35 heavy (non-hydrogen) atoms. The highest BCUT2D eigenvalue weighted by Crippen LogP contribution is 2.30. The average molecular weight is 511 g/mol. The van der Waals surface area contributed by atoms with Crippen molar-refractivity contribution < 1.29 is 39.7 Å². The molecule has 0 atom stereocenters. The SMILES string of the molecule is COCCN(Cc1ccc(OS(=O)(=O)c2ccc(F)cc2)cc1)C(=O)c1cccc(C(F)(F)F)c1. The fourth-order valence-corrected chi connectivity index (χ4v) is 4.04. The zero-order chi connectivity index (χ0) is 25.6. The Balaban J connectivity index is 1.76. The van der Waals surface area contributed by atoms with E-state index in [2.05, 4.69) is 0 Å². The molecule has 0 fully saturated rings. The van der Waals surface area contributed by atoms with Gasteiger partial charge in [0.15, 0.2) is 0 Å². The monoisotopic (exact) mass is 511 g/mol. The van der Waals surface area contributed by atoms with E-state index < -0.39 is 33.6 Å². The van der Waals surface area contributed by atoms with E-state index in [9.17, 15) is 30.8 Å². The van der Waals surface area contributed by atoms with Gasteiger partial charge in [0.25, 0.3) is 5.91 Å². The Kier molecular flexibility index (Phi) is 8.13. The number of hydrogen-bond acceptors (Lipinski definition) is 5. The van der Waals surface area contributed by atoms with E-state index in [1.54, 1.807) is 0 Å². The van der Waals surface area contributed by atoms with E-state index >= 15 is 0 Å². The van der Waals surface area contributed by atoms with Crippen molar-refractivity contribution in [3.05, 3.63) is 95.3 Å². The highest BCUT2D eigenvalue weighted by Gasteiger charge is 2.31. The van der Waals surface area contributed by atoms with E-state index in [0.29, 0.717) is 5.56 Å². The van der Waals surface area contributed by atoms with Crippen molar-refractivity contribution in [2.24, 2.45) is 0 Å². The number of alkyl halides is 3. The van der Waals surface area contributed by atoms with Gasteiger partial charge in [-0.2, -0.15) is 21.6 Å². The Bertz CT molecular complexity index is 1260. The van der Waals surface area contributed by atoms with Crippen LogP contribution in [0.4, 0.5) is 17.6 Å². The van der Waals surface area contributed by atoms with Crippen LogP contribution in [0.3, 0.4) is 0 Å². The number of nitrogens with zero attached hydrogens (tertiary/aromatic N) is 1. The van der Waals surface area contributed by atoms with Crippen LogP contribution >= 0.6 is 0 Å². The third-order valence-electron chi connectivity index (χ3n) is 4.89. The first-order valence-corrected chi connectivity index (χ1v) is 11.6. The molecule has 0 aliphatic heterocycles. The molecule has 186 valence electrons. The molecule has 0 saturated heterocycles. The van der Waals surface area contributed by atoms with Crippen LogP contribution in [0.25, 0.3) is 0 Å². The lowest BCUT2D eigenvalue weighted by Crippen LogP contribution is -2.33. The van der Waals surface area contributed by atoms with E-state index in [0.717, 1.165) is 42.5 Å². The summed E-state index contributed by atoms with van der Waals surface area (Å²) in [6, 6.07) is 14.1. The molecule has 3 aromatic carbocycles. The van der Waals surface area contributed by atoms with Gasteiger partial charge in [0.2, 0.25) is 0 Å². The fourth-order valence-electron chi connectivity index (χ4n) is 3.11. The molecular weight excluding hydrogens is 490 g/mol. The second-order valence-electron chi connectivity index (χ2n) is 7.43. The van der Waals surface area contributed by atoms with Crippen LogP contribution in [0.5, 0.6) is 5.75 Å². The molecular formula is C24H21F4NO5S. The number of carbonyl (C=O) groups is 1. The largest absolute Gasteiger partial charge is 0.416 e. The molecule has 0 saturated carbocycles. The van der Waals surface area contributed by atoms with Gasteiger partial charge in [-0.25, -0.2) is 4.39 Å². The van der Waals surface area contributed by atoms with Gasteiger partial charge in [-0.3, -0.25) is 4.79 Å². The maximum Gasteiger partial charge on any atom is 0.416 e. The summed E-state index contributed by atoms with van der Waals surface area (Å²) in [4.78, 5) is 14.0. The third kappa shape index (κ3) is 7.03. The van der Waals surface area contributed by atoms with Gasteiger partial charge in [-0.1, -0.05) is 18.2 Å². The van der Waals surface area contributed by atoms with Crippen LogP contribution < -0.4 is 4.18 Å². The number of benzene rings is 3. The van der Waals surface area contributed by atoms with Gasteiger partial charge in [0, 0.05) is 25.8 Å². The van der Waals surface area contributed by atoms with Crippen LogP contribution in [0.2, 0.25) is 0 Å². The molecule has 0 bridgehead atoms. The van der Waals surface area contributed by atoms with Crippen LogP contribution in [-0.2, 0) is 27.6 Å². The number of halogens is 4. The standard InChI is InChI=1S/C24H21F4NO5S/c1-33-14-13-29(23(30)18-3-2-4-19(15-18)24(26,27)28)16-17-5-9-21(10-6-17)34-35(31,32)22-11-7-20(25)8-12-22/h2-12,15H,13-14,16H2,1H3. The van der Waals surface area contributed by atoms with Crippen molar-refractivity contribution in [1.82, 2.24) is 4.90 Å². The van der Waals surface area contributed by atoms with Crippen LogP contribution in [0.1, 0.15) is 21.5 Å². The number of hydrogen-bond donors (Lipinski definition) is 0. The van der Waals surface area contributed by atoms with Crippen LogP contribution in [0.15, 0.2) is 77.7 Å². The van der Waals surface area contributed by atoms with Gasteiger partial charge in [0.05, 0.1) is 12.2 Å². The Morgan fingerprint density at radius 3 is 2.23 bits per heavy atom. The zero-order valence-electron chi connectivity index (χ0n) is 18.5. The van der Waals surface area contributed by atoms with Crippen molar-refractivity contribution >= 4 is 16.0 Å². The Hall–Kier alpha value is -3.44.